The van der Waals surface area contributed by atoms with E-state index in [1.165, 1.54) is 11.3 Å². The van der Waals surface area contributed by atoms with Gasteiger partial charge in [-0.15, -0.1) is 0 Å². The minimum absolute atomic E-state index is 0.0595. The van der Waals surface area contributed by atoms with Crippen LogP contribution in [0.1, 0.15) is 48.7 Å². The van der Waals surface area contributed by atoms with Gasteiger partial charge in [-0.05, 0) is 58.0 Å². The molecule has 4 rings (SSSR count). The van der Waals surface area contributed by atoms with Crippen LogP contribution in [0.2, 0.25) is 0 Å². The van der Waals surface area contributed by atoms with Crippen LogP contribution in [0.3, 0.4) is 0 Å². The van der Waals surface area contributed by atoms with Gasteiger partial charge in [-0.25, -0.2) is 4.98 Å². The molecule has 0 fully saturated rings. The van der Waals surface area contributed by atoms with E-state index in [-0.39, 0.29) is 11.9 Å². The van der Waals surface area contributed by atoms with Crippen molar-refractivity contribution in [2.45, 2.75) is 40.3 Å². The van der Waals surface area contributed by atoms with Crippen molar-refractivity contribution in [2.75, 3.05) is 11.5 Å². The summed E-state index contributed by atoms with van der Waals surface area (Å²) in [6.07, 6.45) is 1.73. The summed E-state index contributed by atoms with van der Waals surface area (Å²) < 4.78 is 8.48. The standard InChI is InChI=1S/C23H25N5O2S/c1-5-30-19-10-8-11-20-21(19)25-23(31-20)27(14-17-9-6-7-12-24-17)22(29)18-13-16(4)26-28(18)15(2)3/h6-13,15H,5,14H2,1-4H3. The predicted molar refractivity (Wildman–Crippen MR) is 123 cm³/mol. The average molecular weight is 436 g/mol. The number of anilines is 1. The second-order valence-electron chi connectivity index (χ2n) is 7.45. The van der Waals surface area contributed by atoms with E-state index in [0.29, 0.717) is 24.0 Å². The number of pyridine rings is 1. The van der Waals surface area contributed by atoms with Gasteiger partial charge in [-0.2, -0.15) is 5.10 Å². The van der Waals surface area contributed by atoms with Crippen molar-refractivity contribution < 1.29 is 9.53 Å². The Kier molecular flexibility index (Phi) is 5.99. The Bertz CT molecular complexity index is 1200. The highest BCUT2D eigenvalue weighted by Crippen LogP contribution is 2.35. The fraction of sp³-hybridized carbons (Fsp3) is 0.304. The number of amides is 1. The highest BCUT2D eigenvalue weighted by Gasteiger charge is 2.27. The lowest BCUT2D eigenvalue weighted by atomic mass is 10.2. The largest absolute Gasteiger partial charge is 0.492 e. The first-order valence-electron chi connectivity index (χ1n) is 10.3. The van der Waals surface area contributed by atoms with Gasteiger partial charge in [0, 0.05) is 12.2 Å². The third-order valence-electron chi connectivity index (χ3n) is 4.76. The maximum absolute atomic E-state index is 13.7. The van der Waals surface area contributed by atoms with Gasteiger partial charge in [-0.3, -0.25) is 19.4 Å². The maximum atomic E-state index is 13.7. The van der Waals surface area contributed by atoms with Gasteiger partial charge in [0.25, 0.3) is 5.91 Å². The lowest BCUT2D eigenvalue weighted by Crippen LogP contribution is -2.32. The van der Waals surface area contributed by atoms with Gasteiger partial charge in [0.2, 0.25) is 0 Å². The molecule has 31 heavy (non-hydrogen) atoms. The monoisotopic (exact) mass is 435 g/mol. The Morgan fingerprint density at radius 1 is 1.23 bits per heavy atom. The molecule has 0 N–H and O–H groups in total. The molecule has 7 nitrogen and oxygen atoms in total. The minimum atomic E-state index is -0.156. The molecule has 0 atom stereocenters. The molecule has 160 valence electrons. The van der Waals surface area contributed by atoms with Crippen LogP contribution < -0.4 is 9.64 Å². The molecule has 0 aliphatic carbocycles. The van der Waals surface area contributed by atoms with E-state index in [2.05, 4.69) is 10.1 Å². The Morgan fingerprint density at radius 3 is 2.77 bits per heavy atom. The number of aromatic nitrogens is 4. The molecule has 0 bridgehead atoms. The highest BCUT2D eigenvalue weighted by atomic mass is 32.1. The SMILES string of the molecule is CCOc1cccc2sc(N(Cc3ccccn3)C(=O)c3cc(C)nn3C(C)C)nc12. The third-order valence-corrected chi connectivity index (χ3v) is 5.80. The summed E-state index contributed by atoms with van der Waals surface area (Å²) in [7, 11) is 0. The lowest BCUT2D eigenvalue weighted by molar-refractivity contribution is 0.0972. The zero-order valence-corrected chi connectivity index (χ0v) is 18.9. The van der Waals surface area contributed by atoms with Crippen molar-refractivity contribution in [3.8, 4) is 5.75 Å². The molecule has 0 aliphatic heterocycles. The van der Waals surface area contributed by atoms with Gasteiger partial charge in [-0.1, -0.05) is 23.5 Å². The lowest BCUT2D eigenvalue weighted by Gasteiger charge is -2.21. The van der Waals surface area contributed by atoms with E-state index >= 15 is 0 Å². The summed E-state index contributed by atoms with van der Waals surface area (Å²) in [4.78, 5) is 24.6. The molecule has 0 radical (unpaired) electrons. The summed E-state index contributed by atoms with van der Waals surface area (Å²) in [5.41, 5.74) is 2.88. The van der Waals surface area contributed by atoms with Crippen LogP contribution >= 0.6 is 11.3 Å². The predicted octanol–water partition coefficient (Wildman–Crippen LogP) is 5.02. The fourth-order valence-corrected chi connectivity index (χ4v) is 4.37. The first kappa shape index (κ1) is 21.0. The van der Waals surface area contributed by atoms with Crippen LogP contribution in [0.4, 0.5) is 5.13 Å². The highest BCUT2D eigenvalue weighted by molar-refractivity contribution is 7.22. The number of hydrogen-bond acceptors (Lipinski definition) is 6. The summed E-state index contributed by atoms with van der Waals surface area (Å²) in [6.45, 7) is 8.72. The van der Waals surface area contributed by atoms with Crippen LogP contribution in [-0.4, -0.2) is 32.3 Å². The van der Waals surface area contributed by atoms with Gasteiger partial charge in [0.15, 0.2) is 5.13 Å². The average Bonchev–Trinajstić information content (AvgIpc) is 3.37. The number of rotatable bonds is 7. The smallest absolute Gasteiger partial charge is 0.278 e. The number of hydrogen-bond donors (Lipinski definition) is 0. The number of nitrogens with zero attached hydrogens (tertiary/aromatic N) is 5. The third kappa shape index (κ3) is 4.29. The molecule has 0 spiro atoms. The van der Waals surface area contributed by atoms with E-state index in [1.54, 1.807) is 15.8 Å². The number of thiazole rings is 1. The molecule has 0 saturated carbocycles. The summed E-state index contributed by atoms with van der Waals surface area (Å²) in [5.74, 6) is 0.563. The molecular formula is C23H25N5O2S. The first-order chi connectivity index (χ1) is 15.0. The van der Waals surface area contributed by atoms with Crippen molar-refractivity contribution in [3.05, 3.63) is 65.7 Å². The number of fused-ring (bicyclic) bond motifs is 1. The number of carbonyl (C=O) groups excluding carboxylic acids is 1. The van der Waals surface area contributed by atoms with Crippen LogP contribution in [0, 0.1) is 6.92 Å². The number of para-hydroxylation sites is 1. The molecule has 1 aromatic carbocycles. The summed E-state index contributed by atoms with van der Waals surface area (Å²) >= 11 is 1.47. The number of ether oxygens (including phenoxy) is 1. The van der Waals surface area contributed by atoms with Gasteiger partial charge >= 0.3 is 0 Å². The number of benzene rings is 1. The topological polar surface area (TPSA) is 73.1 Å². The molecule has 3 aromatic heterocycles. The van der Waals surface area contributed by atoms with Gasteiger partial charge < -0.3 is 4.74 Å². The second kappa shape index (κ2) is 8.85. The van der Waals surface area contributed by atoms with Crippen LogP contribution in [0.15, 0.2) is 48.7 Å². The fourth-order valence-electron chi connectivity index (χ4n) is 3.39. The molecule has 0 saturated heterocycles. The molecule has 0 unspecified atom stereocenters. The quantitative estimate of drug-likeness (QED) is 0.407. The van der Waals surface area contributed by atoms with Crippen molar-refractivity contribution in [2.24, 2.45) is 0 Å². The molecular weight excluding hydrogens is 410 g/mol. The Hall–Kier alpha value is -3.26. The Morgan fingerprint density at radius 2 is 2.06 bits per heavy atom. The minimum Gasteiger partial charge on any atom is -0.492 e. The van der Waals surface area contributed by atoms with Crippen molar-refractivity contribution in [1.82, 2.24) is 19.7 Å². The van der Waals surface area contributed by atoms with E-state index in [1.807, 2.05) is 70.2 Å². The zero-order valence-electron chi connectivity index (χ0n) is 18.1. The summed E-state index contributed by atoms with van der Waals surface area (Å²) in [5, 5.41) is 5.12. The number of carbonyl (C=O) groups is 1. The van der Waals surface area contributed by atoms with Crippen molar-refractivity contribution in [1.29, 1.82) is 0 Å². The van der Waals surface area contributed by atoms with Gasteiger partial charge in [0.1, 0.15) is 17.0 Å². The Labute approximate surface area is 185 Å². The van der Waals surface area contributed by atoms with Crippen molar-refractivity contribution >= 4 is 32.6 Å². The van der Waals surface area contributed by atoms with Gasteiger partial charge in [0.05, 0.1) is 29.2 Å². The van der Waals surface area contributed by atoms with E-state index in [4.69, 9.17) is 9.72 Å². The molecule has 4 aromatic rings. The maximum Gasteiger partial charge on any atom is 0.278 e. The van der Waals surface area contributed by atoms with Crippen LogP contribution in [-0.2, 0) is 6.54 Å². The Balaban J connectivity index is 1.81. The first-order valence-corrected chi connectivity index (χ1v) is 11.1. The van der Waals surface area contributed by atoms with E-state index in [9.17, 15) is 4.79 Å². The molecule has 1 amide bonds. The van der Waals surface area contributed by atoms with Crippen LogP contribution in [0.25, 0.3) is 10.2 Å². The summed E-state index contributed by atoms with van der Waals surface area (Å²) in [6, 6.07) is 13.4. The molecule has 8 heteroatoms. The van der Waals surface area contributed by atoms with E-state index in [0.717, 1.165) is 27.4 Å². The molecule has 3 heterocycles. The normalized spacial score (nSPS) is 11.3. The van der Waals surface area contributed by atoms with Crippen molar-refractivity contribution in [3.63, 3.8) is 0 Å². The second-order valence-corrected chi connectivity index (χ2v) is 8.46. The zero-order chi connectivity index (χ0) is 22.0. The van der Waals surface area contributed by atoms with E-state index < -0.39 is 0 Å². The van der Waals surface area contributed by atoms with Crippen LogP contribution in [0.5, 0.6) is 5.75 Å². The number of aryl methyl sites for hydroxylation is 1. The molecule has 0 aliphatic rings.